The van der Waals surface area contributed by atoms with E-state index in [-0.39, 0.29) is 17.9 Å². The predicted octanol–water partition coefficient (Wildman–Crippen LogP) is 3.06. The van der Waals surface area contributed by atoms with Crippen LogP contribution in [0.1, 0.15) is 23.6 Å². The minimum absolute atomic E-state index is 0.112. The van der Waals surface area contributed by atoms with Crippen LogP contribution in [-0.4, -0.2) is 16.9 Å². The minimum atomic E-state index is 0.112. The van der Waals surface area contributed by atoms with E-state index in [1.807, 2.05) is 30.3 Å². The van der Waals surface area contributed by atoms with E-state index in [4.69, 9.17) is 0 Å². The zero-order valence-corrected chi connectivity index (χ0v) is 12.5. The Labute approximate surface area is 126 Å². The molecule has 0 spiro atoms. The summed E-state index contributed by atoms with van der Waals surface area (Å²) in [5.74, 6) is 0.261. The number of nitrogens with one attached hydrogen (secondary N) is 1. The number of hydrogen-bond acceptors (Lipinski definition) is 2. The van der Waals surface area contributed by atoms with Crippen LogP contribution in [0.2, 0.25) is 0 Å². The highest BCUT2D eigenvalue weighted by atomic mass is 79.9. The van der Waals surface area contributed by atoms with Crippen LogP contribution in [-0.2, 0) is 11.2 Å². The number of pyridine rings is 1. The third kappa shape index (κ3) is 2.90. The molecular formula is C16H15BrN2O. The summed E-state index contributed by atoms with van der Waals surface area (Å²) in [6.45, 7) is 0. The lowest BCUT2D eigenvalue weighted by Crippen LogP contribution is -2.30. The molecule has 2 unspecified atom stereocenters. The Balaban J connectivity index is 1.81. The smallest absolute Gasteiger partial charge is 0.220 e. The molecule has 102 valence electrons. The van der Waals surface area contributed by atoms with Crippen LogP contribution in [0.3, 0.4) is 0 Å². The average molecular weight is 331 g/mol. The fourth-order valence-electron chi connectivity index (χ4n) is 2.69. The lowest BCUT2D eigenvalue weighted by molar-refractivity contribution is -0.119. The molecule has 1 aliphatic heterocycles. The van der Waals surface area contributed by atoms with Crippen molar-refractivity contribution in [1.29, 1.82) is 0 Å². The second-order valence-electron chi connectivity index (χ2n) is 5.08. The lowest BCUT2D eigenvalue weighted by atomic mass is 9.91. The van der Waals surface area contributed by atoms with Gasteiger partial charge in [0.2, 0.25) is 5.91 Å². The zero-order chi connectivity index (χ0) is 13.9. The van der Waals surface area contributed by atoms with Gasteiger partial charge in [-0.1, -0.05) is 30.3 Å². The van der Waals surface area contributed by atoms with Gasteiger partial charge in [0, 0.05) is 34.7 Å². The van der Waals surface area contributed by atoms with Crippen molar-refractivity contribution in [3.05, 3.63) is 64.4 Å². The summed E-state index contributed by atoms with van der Waals surface area (Å²) in [4.78, 5) is 16.2. The van der Waals surface area contributed by atoms with Crippen molar-refractivity contribution < 1.29 is 4.79 Å². The van der Waals surface area contributed by atoms with E-state index in [1.165, 1.54) is 5.56 Å². The SMILES string of the molecule is O=C1CC(c2ccc(Br)cn2)C(Cc2ccccc2)N1. The van der Waals surface area contributed by atoms with Crippen molar-refractivity contribution in [2.75, 3.05) is 0 Å². The van der Waals surface area contributed by atoms with Crippen LogP contribution >= 0.6 is 15.9 Å². The number of rotatable bonds is 3. The Morgan fingerprint density at radius 3 is 2.70 bits per heavy atom. The zero-order valence-electron chi connectivity index (χ0n) is 10.9. The van der Waals surface area contributed by atoms with Gasteiger partial charge in [0.1, 0.15) is 0 Å². The van der Waals surface area contributed by atoms with Gasteiger partial charge < -0.3 is 5.32 Å². The molecule has 3 rings (SSSR count). The van der Waals surface area contributed by atoms with Gasteiger partial charge in [-0.15, -0.1) is 0 Å². The van der Waals surface area contributed by atoms with Crippen molar-refractivity contribution in [3.8, 4) is 0 Å². The largest absolute Gasteiger partial charge is 0.352 e. The van der Waals surface area contributed by atoms with Gasteiger partial charge >= 0.3 is 0 Å². The van der Waals surface area contributed by atoms with Crippen LogP contribution in [0.15, 0.2) is 53.1 Å². The van der Waals surface area contributed by atoms with Crippen LogP contribution in [0, 0.1) is 0 Å². The Hall–Kier alpha value is -1.68. The molecule has 1 amide bonds. The van der Waals surface area contributed by atoms with Crippen molar-refractivity contribution in [2.24, 2.45) is 0 Å². The molecule has 0 aliphatic carbocycles. The van der Waals surface area contributed by atoms with E-state index in [0.29, 0.717) is 6.42 Å². The number of aromatic nitrogens is 1. The molecule has 0 radical (unpaired) electrons. The number of hydrogen-bond donors (Lipinski definition) is 1. The number of carbonyl (C=O) groups excluding carboxylic acids is 1. The Morgan fingerprint density at radius 2 is 2.00 bits per heavy atom. The van der Waals surface area contributed by atoms with E-state index in [0.717, 1.165) is 16.6 Å². The molecule has 2 heterocycles. The first-order valence-corrected chi connectivity index (χ1v) is 7.46. The number of amides is 1. The minimum Gasteiger partial charge on any atom is -0.352 e. The molecule has 0 bridgehead atoms. The molecule has 0 saturated carbocycles. The maximum absolute atomic E-state index is 11.7. The fraction of sp³-hybridized carbons (Fsp3) is 0.250. The van der Waals surface area contributed by atoms with Crippen LogP contribution < -0.4 is 5.32 Å². The average Bonchev–Trinajstić information content (AvgIpc) is 2.81. The van der Waals surface area contributed by atoms with E-state index in [2.05, 4.69) is 38.4 Å². The van der Waals surface area contributed by atoms with Gasteiger partial charge in [-0.3, -0.25) is 9.78 Å². The van der Waals surface area contributed by atoms with Crippen molar-refractivity contribution in [3.63, 3.8) is 0 Å². The summed E-state index contributed by atoms with van der Waals surface area (Å²) in [6.07, 6.45) is 3.15. The molecule has 2 aromatic rings. The summed E-state index contributed by atoms with van der Waals surface area (Å²) in [5.41, 5.74) is 2.22. The number of halogens is 1. The van der Waals surface area contributed by atoms with Crippen LogP contribution in [0.5, 0.6) is 0 Å². The topological polar surface area (TPSA) is 42.0 Å². The molecule has 3 nitrogen and oxygen atoms in total. The van der Waals surface area contributed by atoms with Crippen LogP contribution in [0.25, 0.3) is 0 Å². The monoisotopic (exact) mass is 330 g/mol. The lowest BCUT2D eigenvalue weighted by Gasteiger charge is -2.18. The number of benzene rings is 1. The molecule has 4 heteroatoms. The molecule has 1 N–H and O–H groups in total. The molecule has 2 atom stereocenters. The van der Waals surface area contributed by atoms with Crippen molar-refractivity contribution >= 4 is 21.8 Å². The Kier molecular flexibility index (Phi) is 3.83. The van der Waals surface area contributed by atoms with Crippen molar-refractivity contribution in [1.82, 2.24) is 10.3 Å². The third-order valence-corrected chi connectivity index (χ3v) is 4.14. The number of nitrogens with zero attached hydrogens (tertiary/aromatic N) is 1. The second-order valence-corrected chi connectivity index (χ2v) is 5.99. The summed E-state index contributed by atoms with van der Waals surface area (Å²) in [6, 6.07) is 14.3. The van der Waals surface area contributed by atoms with Gasteiger partial charge in [-0.05, 0) is 40.0 Å². The van der Waals surface area contributed by atoms with E-state index in [9.17, 15) is 4.79 Å². The van der Waals surface area contributed by atoms with E-state index >= 15 is 0 Å². The highest BCUT2D eigenvalue weighted by Gasteiger charge is 2.34. The van der Waals surface area contributed by atoms with E-state index < -0.39 is 0 Å². The van der Waals surface area contributed by atoms with Gasteiger partial charge in [0.15, 0.2) is 0 Å². The quantitative estimate of drug-likeness (QED) is 0.939. The normalized spacial score (nSPS) is 21.8. The first-order valence-electron chi connectivity index (χ1n) is 6.67. The Bertz CT molecular complexity index is 598. The molecule has 1 aromatic heterocycles. The molecular weight excluding hydrogens is 316 g/mol. The first kappa shape index (κ1) is 13.3. The molecule has 1 aliphatic rings. The van der Waals surface area contributed by atoms with Gasteiger partial charge in [0.05, 0.1) is 0 Å². The van der Waals surface area contributed by atoms with Crippen molar-refractivity contribution in [2.45, 2.75) is 24.8 Å². The summed E-state index contributed by atoms with van der Waals surface area (Å²) in [5, 5.41) is 3.07. The molecule has 1 fully saturated rings. The summed E-state index contributed by atoms with van der Waals surface area (Å²) < 4.78 is 0.957. The predicted molar refractivity (Wildman–Crippen MR) is 81.4 cm³/mol. The third-order valence-electron chi connectivity index (χ3n) is 3.67. The molecule has 1 saturated heterocycles. The second kappa shape index (κ2) is 5.75. The summed E-state index contributed by atoms with van der Waals surface area (Å²) in [7, 11) is 0. The first-order chi connectivity index (χ1) is 9.72. The van der Waals surface area contributed by atoms with Gasteiger partial charge in [-0.25, -0.2) is 0 Å². The standard InChI is InChI=1S/C16H15BrN2O/c17-12-6-7-14(18-10-12)13-9-16(20)19-15(13)8-11-4-2-1-3-5-11/h1-7,10,13,15H,8-9H2,(H,19,20). The highest BCUT2D eigenvalue weighted by Crippen LogP contribution is 2.29. The maximum atomic E-state index is 11.7. The molecule has 1 aromatic carbocycles. The van der Waals surface area contributed by atoms with Gasteiger partial charge in [0.25, 0.3) is 0 Å². The molecule has 20 heavy (non-hydrogen) atoms. The maximum Gasteiger partial charge on any atom is 0.220 e. The van der Waals surface area contributed by atoms with Crippen LogP contribution in [0.4, 0.5) is 0 Å². The van der Waals surface area contributed by atoms with Gasteiger partial charge in [-0.2, -0.15) is 0 Å². The Morgan fingerprint density at radius 1 is 1.20 bits per heavy atom. The number of carbonyl (C=O) groups is 1. The van der Waals surface area contributed by atoms with E-state index in [1.54, 1.807) is 6.20 Å². The highest BCUT2D eigenvalue weighted by molar-refractivity contribution is 9.10. The summed E-state index contributed by atoms with van der Waals surface area (Å²) >= 11 is 3.39. The fourth-order valence-corrected chi connectivity index (χ4v) is 2.92.